The van der Waals surface area contributed by atoms with Gasteiger partial charge in [0.15, 0.2) is 5.13 Å². The number of nitrogens with zero attached hydrogens (tertiary/aromatic N) is 1. The van der Waals surface area contributed by atoms with Gasteiger partial charge in [-0.2, -0.15) is 0 Å². The number of aryl methyl sites for hydroxylation is 2. The molecule has 0 bridgehead atoms. The smallest absolute Gasteiger partial charge is 0.231 e. The number of aromatic nitrogens is 1. The highest BCUT2D eigenvalue weighted by Gasteiger charge is 2.19. The van der Waals surface area contributed by atoms with Gasteiger partial charge in [0, 0.05) is 10.3 Å². The number of hydrogen-bond acceptors (Lipinski definition) is 4. The van der Waals surface area contributed by atoms with Crippen molar-refractivity contribution < 1.29 is 4.79 Å². The fourth-order valence-corrected chi connectivity index (χ4v) is 5.16. The van der Waals surface area contributed by atoms with Gasteiger partial charge in [0.2, 0.25) is 5.91 Å². The monoisotopic (exact) mass is 350 g/mol. The second-order valence-corrected chi connectivity index (χ2v) is 8.11. The van der Waals surface area contributed by atoms with Gasteiger partial charge >= 0.3 is 0 Å². The molecule has 0 saturated heterocycles. The maximum absolute atomic E-state index is 12.2. The molecule has 24 heavy (non-hydrogen) atoms. The SMILES string of the molecule is O=C(Cc1cccs1)Nc1nc2c(cc3c4c(cccc42)CC3)s1. The number of fused-ring (bicyclic) bond motifs is 2. The highest BCUT2D eigenvalue weighted by Crippen LogP contribution is 2.39. The number of carbonyl (C=O) groups is 1. The first kappa shape index (κ1) is 14.1. The van der Waals surface area contributed by atoms with E-state index in [9.17, 15) is 4.79 Å². The van der Waals surface area contributed by atoms with Gasteiger partial charge in [0.05, 0.1) is 16.6 Å². The van der Waals surface area contributed by atoms with Crippen molar-refractivity contribution in [2.75, 3.05) is 5.32 Å². The molecule has 2 heterocycles. The maximum Gasteiger partial charge on any atom is 0.231 e. The summed E-state index contributed by atoms with van der Waals surface area (Å²) in [6, 6.07) is 12.7. The largest absolute Gasteiger partial charge is 0.302 e. The van der Waals surface area contributed by atoms with Crippen molar-refractivity contribution in [2.24, 2.45) is 0 Å². The van der Waals surface area contributed by atoms with E-state index in [1.165, 1.54) is 21.9 Å². The molecule has 2 aromatic heterocycles. The lowest BCUT2D eigenvalue weighted by Crippen LogP contribution is -2.13. The molecule has 1 amide bonds. The average molecular weight is 350 g/mol. The van der Waals surface area contributed by atoms with Crippen LogP contribution in [0.3, 0.4) is 0 Å². The maximum atomic E-state index is 12.2. The predicted octanol–water partition coefficient (Wildman–Crippen LogP) is 4.79. The van der Waals surface area contributed by atoms with Crippen molar-refractivity contribution >= 4 is 54.7 Å². The topological polar surface area (TPSA) is 42.0 Å². The third kappa shape index (κ3) is 2.24. The normalized spacial score (nSPS) is 13.0. The molecule has 2 aromatic carbocycles. The second-order valence-electron chi connectivity index (χ2n) is 6.05. The number of anilines is 1. The molecular formula is C19H14N2OS2. The number of carbonyl (C=O) groups excluding carboxylic acids is 1. The Balaban J connectivity index is 1.53. The van der Waals surface area contributed by atoms with Crippen LogP contribution in [0.25, 0.3) is 21.0 Å². The summed E-state index contributed by atoms with van der Waals surface area (Å²) in [6.45, 7) is 0. The molecule has 5 rings (SSSR count). The van der Waals surface area contributed by atoms with Gasteiger partial charge in [0.1, 0.15) is 0 Å². The van der Waals surface area contributed by atoms with Crippen molar-refractivity contribution in [1.82, 2.24) is 4.98 Å². The molecule has 0 saturated carbocycles. The van der Waals surface area contributed by atoms with E-state index in [0.29, 0.717) is 11.6 Å². The summed E-state index contributed by atoms with van der Waals surface area (Å²) in [4.78, 5) is 18.0. The van der Waals surface area contributed by atoms with Crippen LogP contribution in [0.1, 0.15) is 16.0 Å². The zero-order chi connectivity index (χ0) is 16.1. The van der Waals surface area contributed by atoms with Crippen molar-refractivity contribution in [3.8, 4) is 0 Å². The summed E-state index contributed by atoms with van der Waals surface area (Å²) < 4.78 is 1.16. The van der Waals surface area contributed by atoms with Crippen LogP contribution in [0.4, 0.5) is 5.13 Å². The Morgan fingerprint density at radius 3 is 2.96 bits per heavy atom. The minimum absolute atomic E-state index is 0.00572. The highest BCUT2D eigenvalue weighted by atomic mass is 32.1. The lowest BCUT2D eigenvalue weighted by atomic mass is 10.0. The van der Waals surface area contributed by atoms with E-state index < -0.39 is 0 Å². The minimum atomic E-state index is -0.00572. The van der Waals surface area contributed by atoms with Crippen LogP contribution in [0, 0.1) is 0 Å². The summed E-state index contributed by atoms with van der Waals surface area (Å²) >= 11 is 3.17. The van der Waals surface area contributed by atoms with Crippen molar-refractivity contribution in [3.63, 3.8) is 0 Å². The number of rotatable bonds is 3. The van der Waals surface area contributed by atoms with Crippen LogP contribution in [0.15, 0.2) is 41.8 Å². The molecule has 0 unspecified atom stereocenters. The molecule has 0 radical (unpaired) electrons. The van der Waals surface area contributed by atoms with Crippen molar-refractivity contribution in [2.45, 2.75) is 19.3 Å². The standard InChI is InChI=1S/C19H14N2OS2/c22-16(10-13-4-2-8-23-13)20-19-21-18-14-5-1-3-11-6-7-12(17(11)14)9-15(18)24-19/h1-5,8-9H,6-7,10H2,(H,20,21,22). The van der Waals surface area contributed by atoms with E-state index in [1.807, 2.05) is 17.5 Å². The summed E-state index contributed by atoms with van der Waals surface area (Å²) in [7, 11) is 0. The van der Waals surface area contributed by atoms with E-state index >= 15 is 0 Å². The van der Waals surface area contributed by atoms with Crippen LogP contribution < -0.4 is 5.32 Å². The van der Waals surface area contributed by atoms with Gasteiger partial charge in [-0.15, -0.1) is 11.3 Å². The zero-order valence-corrected chi connectivity index (χ0v) is 14.5. The minimum Gasteiger partial charge on any atom is -0.302 e. The Hall–Kier alpha value is -2.24. The van der Waals surface area contributed by atoms with Gasteiger partial charge in [-0.1, -0.05) is 35.6 Å². The van der Waals surface area contributed by atoms with Crippen molar-refractivity contribution in [1.29, 1.82) is 0 Å². The molecule has 1 aliphatic rings. The number of amides is 1. The molecule has 118 valence electrons. The summed E-state index contributed by atoms with van der Waals surface area (Å²) in [5, 5.41) is 8.23. The van der Waals surface area contributed by atoms with E-state index in [4.69, 9.17) is 4.98 Å². The van der Waals surface area contributed by atoms with Crippen LogP contribution in [-0.2, 0) is 24.1 Å². The number of benzene rings is 2. The van der Waals surface area contributed by atoms with E-state index in [0.717, 1.165) is 27.9 Å². The van der Waals surface area contributed by atoms with Gasteiger partial charge in [-0.3, -0.25) is 4.79 Å². The third-order valence-electron chi connectivity index (χ3n) is 4.51. The number of thiazole rings is 1. The molecule has 1 N–H and O–H groups in total. The molecule has 3 nitrogen and oxygen atoms in total. The van der Waals surface area contributed by atoms with Crippen molar-refractivity contribution in [3.05, 3.63) is 57.8 Å². The summed E-state index contributed by atoms with van der Waals surface area (Å²) in [6.07, 6.45) is 2.63. The number of thiophene rings is 1. The predicted molar refractivity (Wildman–Crippen MR) is 101 cm³/mol. The fraction of sp³-hybridized carbons (Fsp3) is 0.158. The van der Waals surface area contributed by atoms with Crippen LogP contribution in [0.5, 0.6) is 0 Å². The van der Waals surface area contributed by atoms with Crippen LogP contribution in [-0.4, -0.2) is 10.9 Å². The van der Waals surface area contributed by atoms with Gasteiger partial charge in [0.25, 0.3) is 0 Å². The molecule has 4 aromatic rings. The second kappa shape index (κ2) is 5.40. The van der Waals surface area contributed by atoms with Crippen LogP contribution >= 0.6 is 22.7 Å². The lowest BCUT2D eigenvalue weighted by molar-refractivity contribution is -0.115. The summed E-state index contributed by atoms with van der Waals surface area (Å²) in [5.74, 6) is -0.00572. The Bertz CT molecular complexity index is 1080. The first-order valence-electron chi connectivity index (χ1n) is 7.94. The quantitative estimate of drug-likeness (QED) is 0.577. The Labute approximate surface area is 147 Å². The molecule has 0 spiro atoms. The van der Waals surface area contributed by atoms with Gasteiger partial charge < -0.3 is 5.32 Å². The Kier molecular flexibility index (Phi) is 3.18. The first-order chi connectivity index (χ1) is 11.8. The fourth-order valence-electron chi connectivity index (χ4n) is 3.49. The zero-order valence-electron chi connectivity index (χ0n) is 12.8. The van der Waals surface area contributed by atoms with E-state index in [1.54, 1.807) is 22.7 Å². The number of nitrogens with one attached hydrogen (secondary N) is 1. The van der Waals surface area contributed by atoms with E-state index in [2.05, 4.69) is 29.6 Å². The van der Waals surface area contributed by atoms with Gasteiger partial charge in [-0.05, 0) is 46.9 Å². The molecule has 0 fully saturated rings. The molecule has 5 heteroatoms. The van der Waals surface area contributed by atoms with Gasteiger partial charge in [-0.25, -0.2) is 4.98 Å². The molecule has 0 aliphatic heterocycles. The summed E-state index contributed by atoms with van der Waals surface area (Å²) in [5.41, 5.74) is 3.84. The first-order valence-corrected chi connectivity index (χ1v) is 9.64. The molecule has 0 atom stereocenters. The van der Waals surface area contributed by atoms with E-state index in [-0.39, 0.29) is 5.91 Å². The lowest BCUT2D eigenvalue weighted by Gasteiger charge is -2.02. The molecular weight excluding hydrogens is 336 g/mol. The Morgan fingerprint density at radius 1 is 1.17 bits per heavy atom. The average Bonchev–Trinajstić information content (AvgIpc) is 3.29. The molecule has 1 aliphatic carbocycles. The third-order valence-corrected chi connectivity index (χ3v) is 6.30. The highest BCUT2D eigenvalue weighted by molar-refractivity contribution is 7.22. The number of hydrogen-bond donors (Lipinski definition) is 1. The van der Waals surface area contributed by atoms with Crippen LogP contribution in [0.2, 0.25) is 0 Å². The Morgan fingerprint density at radius 2 is 2.08 bits per heavy atom.